The molecule has 0 saturated carbocycles. The van der Waals surface area contributed by atoms with Crippen LogP contribution in [0.2, 0.25) is 0 Å². The minimum Gasteiger partial charge on any atom is -0.481 e. The van der Waals surface area contributed by atoms with E-state index in [0.717, 1.165) is 5.57 Å². The zero-order valence-corrected chi connectivity index (χ0v) is 9.97. The van der Waals surface area contributed by atoms with E-state index in [-0.39, 0.29) is 5.92 Å². The molecule has 1 rings (SSSR count). The Labute approximate surface area is 96.6 Å². The Bertz CT molecular complexity index is 379. The monoisotopic (exact) mass is 218 g/mol. The van der Waals surface area contributed by atoms with Crippen LogP contribution in [-0.2, 0) is 4.79 Å². The lowest BCUT2D eigenvalue weighted by Gasteiger charge is -2.11. The van der Waals surface area contributed by atoms with Crippen molar-refractivity contribution in [1.82, 2.24) is 0 Å². The topological polar surface area (TPSA) is 37.3 Å². The zero-order valence-electron chi connectivity index (χ0n) is 9.97. The Morgan fingerprint density at radius 3 is 2.31 bits per heavy atom. The predicted octanol–water partition coefficient (Wildman–Crippen LogP) is 3.46. The van der Waals surface area contributed by atoms with Gasteiger partial charge in [-0.3, -0.25) is 4.79 Å². The molecule has 0 bridgehead atoms. The summed E-state index contributed by atoms with van der Waals surface area (Å²) in [6.07, 6.45) is 2.02. The molecular formula is C14H18O2. The molecular weight excluding hydrogens is 200 g/mol. The number of allylic oxidation sites excluding steroid dienone is 1. The molecule has 1 aromatic carbocycles. The van der Waals surface area contributed by atoms with E-state index in [1.165, 1.54) is 5.56 Å². The second-order valence-corrected chi connectivity index (χ2v) is 4.17. The van der Waals surface area contributed by atoms with Crippen molar-refractivity contribution in [2.75, 3.05) is 0 Å². The smallest absolute Gasteiger partial charge is 0.310 e. The van der Waals surface area contributed by atoms with E-state index in [4.69, 9.17) is 5.11 Å². The largest absolute Gasteiger partial charge is 0.481 e. The molecule has 0 aliphatic heterocycles. The molecule has 0 spiro atoms. The van der Waals surface area contributed by atoms with Crippen LogP contribution in [0.3, 0.4) is 0 Å². The first-order valence-electron chi connectivity index (χ1n) is 5.48. The molecule has 0 aliphatic rings. The number of hydrogen-bond donors (Lipinski definition) is 1. The van der Waals surface area contributed by atoms with Gasteiger partial charge in [0.25, 0.3) is 0 Å². The van der Waals surface area contributed by atoms with E-state index >= 15 is 0 Å². The Balaban J connectivity index is 2.80. The maximum absolute atomic E-state index is 10.8. The zero-order chi connectivity index (χ0) is 12.1. The number of carboxylic acids is 1. The molecule has 0 heterocycles. The number of carbonyl (C=O) groups is 1. The fraction of sp³-hybridized carbons (Fsp3) is 0.357. The summed E-state index contributed by atoms with van der Waals surface area (Å²) in [4.78, 5) is 10.8. The number of rotatable bonds is 4. The van der Waals surface area contributed by atoms with Crippen LogP contribution in [0.5, 0.6) is 0 Å². The number of hydrogen-bond acceptors (Lipinski definition) is 1. The van der Waals surface area contributed by atoms with Gasteiger partial charge in [-0.2, -0.15) is 0 Å². The molecule has 2 nitrogen and oxygen atoms in total. The van der Waals surface area contributed by atoms with Gasteiger partial charge >= 0.3 is 5.97 Å². The standard InChI is InChI=1S/C14H18O2/c1-10(12(3)14(15)16)9-11(2)13-7-5-4-6-8-13/h4-9,11-12H,1-3H3,(H,15,16). The lowest BCUT2D eigenvalue weighted by Crippen LogP contribution is -2.11. The quantitative estimate of drug-likeness (QED) is 0.786. The first kappa shape index (κ1) is 12.5. The lowest BCUT2D eigenvalue weighted by atomic mass is 9.94. The van der Waals surface area contributed by atoms with Gasteiger partial charge in [-0.15, -0.1) is 0 Å². The Kier molecular flexibility index (Phi) is 4.29. The van der Waals surface area contributed by atoms with Crippen LogP contribution in [0.4, 0.5) is 0 Å². The maximum atomic E-state index is 10.8. The number of benzene rings is 1. The van der Waals surface area contributed by atoms with Gasteiger partial charge in [0, 0.05) is 0 Å². The fourth-order valence-electron chi connectivity index (χ4n) is 1.59. The van der Waals surface area contributed by atoms with Gasteiger partial charge in [-0.1, -0.05) is 48.9 Å². The molecule has 1 N–H and O–H groups in total. The van der Waals surface area contributed by atoms with E-state index < -0.39 is 11.9 Å². The third kappa shape index (κ3) is 3.23. The van der Waals surface area contributed by atoms with Crippen LogP contribution in [0.15, 0.2) is 42.0 Å². The van der Waals surface area contributed by atoms with Gasteiger partial charge in [-0.05, 0) is 25.3 Å². The highest BCUT2D eigenvalue weighted by Crippen LogP contribution is 2.20. The molecule has 86 valence electrons. The molecule has 1 aromatic rings. The maximum Gasteiger partial charge on any atom is 0.310 e. The molecule has 2 atom stereocenters. The molecule has 0 aromatic heterocycles. The van der Waals surface area contributed by atoms with Crippen LogP contribution in [0.25, 0.3) is 0 Å². The van der Waals surface area contributed by atoms with Gasteiger partial charge in [0.1, 0.15) is 0 Å². The van der Waals surface area contributed by atoms with Crippen molar-refractivity contribution in [1.29, 1.82) is 0 Å². The summed E-state index contributed by atoms with van der Waals surface area (Å²) in [7, 11) is 0. The molecule has 0 saturated heterocycles. The van der Waals surface area contributed by atoms with Crippen molar-refractivity contribution < 1.29 is 9.90 Å². The molecule has 0 fully saturated rings. The Morgan fingerprint density at radius 1 is 1.25 bits per heavy atom. The second kappa shape index (κ2) is 5.50. The van der Waals surface area contributed by atoms with E-state index in [0.29, 0.717) is 0 Å². The summed E-state index contributed by atoms with van der Waals surface area (Å²) in [5, 5.41) is 8.90. The highest BCUT2D eigenvalue weighted by atomic mass is 16.4. The summed E-state index contributed by atoms with van der Waals surface area (Å²) in [5.41, 5.74) is 2.11. The summed E-state index contributed by atoms with van der Waals surface area (Å²) in [6, 6.07) is 10.1. The van der Waals surface area contributed by atoms with E-state index in [9.17, 15) is 4.79 Å². The fourth-order valence-corrected chi connectivity index (χ4v) is 1.59. The van der Waals surface area contributed by atoms with E-state index in [2.05, 4.69) is 19.1 Å². The Morgan fingerprint density at radius 2 is 1.81 bits per heavy atom. The molecule has 0 amide bonds. The highest BCUT2D eigenvalue weighted by molar-refractivity contribution is 5.72. The number of carboxylic acid groups (broad SMARTS) is 1. The average Bonchev–Trinajstić information content (AvgIpc) is 2.28. The molecule has 0 aliphatic carbocycles. The van der Waals surface area contributed by atoms with Crippen LogP contribution in [0, 0.1) is 5.92 Å². The van der Waals surface area contributed by atoms with Gasteiger partial charge in [0.05, 0.1) is 5.92 Å². The summed E-state index contributed by atoms with van der Waals surface area (Å²) in [6.45, 7) is 5.66. The molecule has 0 radical (unpaired) electrons. The third-order valence-corrected chi connectivity index (χ3v) is 2.89. The van der Waals surface area contributed by atoms with Gasteiger partial charge in [0.2, 0.25) is 0 Å². The van der Waals surface area contributed by atoms with Gasteiger partial charge < -0.3 is 5.11 Å². The predicted molar refractivity (Wildman–Crippen MR) is 65.4 cm³/mol. The van der Waals surface area contributed by atoms with Crippen molar-refractivity contribution in [3.8, 4) is 0 Å². The minimum atomic E-state index is -0.769. The van der Waals surface area contributed by atoms with Crippen molar-refractivity contribution in [2.45, 2.75) is 26.7 Å². The van der Waals surface area contributed by atoms with Crippen molar-refractivity contribution in [3.05, 3.63) is 47.5 Å². The SMILES string of the molecule is CC(=CC(C)c1ccccc1)C(C)C(=O)O. The first-order valence-corrected chi connectivity index (χ1v) is 5.48. The highest BCUT2D eigenvalue weighted by Gasteiger charge is 2.13. The van der Waals surface area contributed by atoms with E-state index in [1.54, 1.807) is 6.92 Å². The first-order chi connectivity index (χ1) is 7.52. The molecule has 2 heteroatoms. The van der Waals surface area contributed by atoms with Crippen molar-refractivity contribution in [2.24, 2.45) is 5.92 Å². The van der Waals surface area contributed by atoms with Gasteiger partial charge in [0.15, 0.2) is 0 Å². The average molecular weight is 218 g/mol. The normalized spacial score (nSPS) is 15.6. The van der Waals surface area contributed by atoms with Crippen molar-refractivity contribution in [3.63, 3.8) is 0 Å². The van der Waals surface area contributed by atoms with Crippen molar-refractivity contribution >= 4 is 5.97 Å². The second-order valence-electron chi connectivity index (χ2n) is 4.17. The van der Waals surface area contributed by atoms with Gasteiger partial charge in [-0.25, -0.2) is 0 Å². The van der Waals surface area contributed by atoms with Crippen LogP contribution >= 0.6 is 0 Å². The lowest BCUT2D eigenvalue weighted by molar-refractivity contribution is -0.139. The van der Waals surface area contributed by atoms with Crippen LogP contribution in [0.1, 0.15) is 32.3 Å². The number of aliphatic carboxylic acids is 1. The third-order valence-electron chi connectivity index (χ3n) is 2.89. The molecule has 2 unspecified atom stereocenters. The van der Waals surface area contributed by atoms with Crippen LogP contribution < -0.4 is 0 Å². The summed E-state index contributed by atoms with van der Waals surface area (Å²) in [5.74, 6) is -0.928. The summed E-state index contributed by atoms with van der Waals surface area (Å²) < 4.78 is 0. The van der Waals surface area contributed by atoms with E-state index in [1.807, 2.05) is 31.2 Å². The molecule has 16 heavy (non-hydrogen) atoms. The summed E-state index contributed by atoms with van der Waals surface area (Å²) >= 11 is 0. The van der Waals surface area contributed by atoms with Crippen LogP contribution in [-0.4, -0.2) is 11.1 Å². The Hall–Kier alpha value is -1.57. The minimum absolute atomic E-state index is 0.253.